The van der Waals surface area contributed by atoms with Crippen LogP contribution in [0, 0.1) is 5.82 Å². The Bertz CT molecular complexity index is 1190. The maximum atomic E-state index is 13.8. The quantitative estimate of drug-likeness (QED) is 0.409. The van der Waals surface area contributed by atoms with E-state index in [1.165, 1.54) is 23.6 Å². The fraction of sp³-hybridized carbons (Fsp3) is 0.0870. The van der Waals surface area contributed by atoms with Crippen LogP contribution in [0.1, 0.15) is 22.0 Å². The maximum Gasteiger partial charge on any atom is 0.265 e. The fourth-order valence-corrected chi connectivity index (χ4v) is 3.51. The summed E-state index contributed by atoms with van der Waals surface area (Å²) in [5.41, 5.74) is 1.58. The highest BCUT2D eigenvalue weighted by atomic mass is 32.1. The van der Waals surface area contributed by atoms with Gasteiger partial charge >= 0.3 is 0 Å². The average Bonchev–Trinajstić information content (AvgIpc) is 3.46. The lowest BCUT2D eigenvalue weighted by Gasteiger charge is -2.07. The maximum absolute atomic E-state index is 13.8. The number of aryl methyl sites for hydroxylation is 1. The lowest BCUT2D eigenvalue weighted by Crippen LogP contribution is -2.13. The van der Waals surface area contributed by atoms with Gasteiger partial charge in [0.2, 0.25) is 5.91 Å². The minimum absolute atomic E-state index is 0.161. The highest BCUT2D eigenvalue weighted by molar-refractivity contribution is 7.12. The average molecular weight is 435 g/mol. The van der Waals surface area contributed by atoms with E-state index in [-0.39, 0.29) is 24.7 Å². The number of carbonyl (C=O) groups excluding carboxylic acids is 2. The molecule has 2 aromatic heterocycles. The molecular weight excluding hydrogens is 417 g/mol. The molecule has 0 saturated heterocycles. The Labute approximate surface area is 181 Å². The predicted octanol–water partition coefficient (Wildman–Crippen LogP) is 5.37. The van der Waals surface area contributed by atoms with Crippen molar-refractivity contribution in [3.8, 4) is 11.3 Å². The van der Waals surface area contributed by atoms with E-state index in [2.05, 4.69) is 15.6 Å². The van der Waals surface area contributed by atoms with Gasteiger partial charge in [0, 0.05) is 24.2 Å². The summed E-state index contributed by atoms with van der Waals surface area (Å²) in [5, 5.41) is 7.43. The van der Waals surface area contributed by atoms with Gasteiger partial charge < -0.3 is 15.1 Å². The van der Waals surface area contributed by atoms with Crippen molar-refractivity contribution < 1.29 is 18.4 Å². The Balaban J connectivity index is 1.28. The zero-order valence-electron chi connectivity index (χ0n) is 16.3. The molecule has 2 heterocycles. The summed E-state index contributed by atoms with van der Waals surface area (Å²) in [6, 6.07) is 16.7. The minimum atomic E-state index is -0.391. The molecule has 0 unspecified atom stereocenters. The molecule has 0 aliphatic heterocycles. The van der Waals surface area contributed by atoms with Crippen molar-refractivity contribution in [2.75, 3.05) is 10.6 Å². The topological polar surface area (TPSA) is 84.2 Å². The molecule has 0 fully saturated rings. The number of nitrogens with one attached hydrogen (secondary N) is 2. The van der Waals surface area contributed by atoms with E-state index < -0.39 is 5.82 Å². The van der Waals surface area contributed by atoms with Crippen molar-refractivity contribution in [3.05, 3.63) is 88.8 Å². The molecule has 156 valence electrons. The predicted molar refractivity (Wildman–Crippen MR) is 118 cm³/mol. The third-order valence-electron chi connectivity index (χ3n) is 4.43. The first-order chi connectivity index (χ1) is 15.1. The first-order valence-electron chi connectivity index (χ1n) is 9.53. The van der Waals surface area contributed by atoms with Gasteiger partial charge in [-0.15, -0.1) is 11.3 Å². The molecular formula is C23H18FN3O3S. The molecule has 6 nitrogen and oxygen atoms in total. The standard InChI is InChI=1S/C23H18FN3O3S/c24-18-5-2-1-4-17(18)19-14-25-22(30-19)12-11-21(28)26-15-7-9-16(10-8-15)27-23(29)20-6-3-13-31-20/h1-10,13-14H,11-12H2,(H,26,28)(H,27,29). The molecule has 4 rings (SSSR count). The minimum Gasteiger partial charge on any atom is -0.441 e. The largest absolute Gasteiger partial charge is 0.441 e. The number of oxazole rings is 1. The number of benzene rings is 2. The van der Waals surface area contributed by atoms with Gasteiger partial charge in [-0.1, -0.05) is 18.2 Å². The number of hydrogen-bond donors (Lipinski definition) is 2. The second-order valence-corrected chi connectivity index (χ2v) is 7.60. The molecule has 0 bridgehead atoms. The van der Waals surface area contributed by atoms with E-state index in [0.717, 1.165) is 0 Å². The molecule has 2 amide bonds. The first-order valence-corrected chi connectivity index (χ1v) is 10.4. The molecule has 8 heteroatoms. The smallest absolute Gasteiger partial charge is 0.265 e. The van der Waals surface area contributed by atoms with Crippen LogP contribution in [0.4, 0.5) is 15.8 Å². The summed E-state index contributed by atoms with van der Waals surface area (Å²) in [7, 11) is 0. The molecule has 2 aromatic carbocycles. The second-order valence-electron chi connectivity index (χ2n) is 6.66. The van der Waals surface area contributed by atoms with Crippen molar-refractivity contribution in [2.45, 2.75) is 12.8 Å². The molecule has 0 radical (unpaired) electrons. The van der Waals surface area contributed by atoms with Gasteiger partial charge in [0.25, 0.3) is 5.91 Å². The van der Waals surface area contributed by atoms with Crippen LogP contribution in [0.15, 0.2) is 76.7 Å². The highest BCUT2D eigenvalue weighted by Crippen LogP contribution is 2.23. The van der Waals surface area contributed by atoms with Crippen LogP contribution in [0.25, 0.3) is 11.3 Å². The summed E-state index contributed by atoms with van der Waals surface area (Å²) in [6.45, 7) is 0. The number of nitrogens with zero attached hydrogens (tertiary/aromatic N) is 1. The number of hydrogen-bond acceptors (Lipinski definition) is 5. The molecule has 2 N–H and O–H groups in total. The number of thiophene rings is 1. The van der Waals surface area contributed by atoms with Gasteiger partial charge in [-0.3, -0.25) is 9.59 Å². The third-order valence-corrected chi connectivity index (χ3v) is 5.30. The van der Waals surface area contributed by atoms with Gasteiger partial charge in [0.15, 0.2) is 11.7 Å². The summed E-state index contributed by atoms with van der Waals surface area (Å²) in [4.78, 5) is 29.0. The monoisotopic (exact) mass is 435 g/mol. The number of rotatable bonds is 7. The number of halogens is 1. The van der Waals surface area contributed by atoms with Crippen LogP contribution in [0.3, 0.4) is 0 Å². The number of carbonyl (C=O) groups is 2. The Morgan fingerprint density at radius 3 is 2.42 bits per heavy atom. The van der Waals surface area contributed by atoms with E-state index in [0.29, 0.717) is 33.5 Å². The first kappa shape index (κ1) is 20.5. The fourth-order valence-electron chi connectivity index (χ4n) is 2.89. The van der Waals surface area contributed by atoms with Crippen LogP contribution < -0.4 is 10.6 Å². The van der Waals surface area contributed by atoms with Crippen molar-refractivity contribution in [3.63, 3.8) is 0 Å². The molecule has 31 heavy (non-hydrogen) atoms. The van der Waals surface area contributed by atoms with Gasteiger partial charge in [0.05, 0.1) is 16.6 Å². The Kier molecular flexibility index (Phi) is 6.18. The van der Waals surface area contributed by atoms with E-state index in [1.807, 2.05) is 11.4 Å². The zero-order valence-corrected chi connectivity index (χ0v) is 17.1. The summed E-state index contributed by atoms with van der Waals surface area (Å²) in [6.07, 6.45) is 1.90. The Morgan fingerprint density at radius 2 is 1.71 bits per heavy atom. The third kappa shape index (κ3) is 5.23. The lowest BCUT2D eigenvalue weighted by atomic mass is 10.2. The van der Waals surface area contributed by atoms with Crippen LogP contribution in [0.5, 0.6) is 0 Å². The van der Waals surface area contributed by atoms with E-state index in [1.54, 1.807) is 48.5 Å². The van der Waals surface area contributed by atoms with Crippen LogP contribution in [0.2, 0.25) is 0 Å². The van der Waals surface area contributed by atoms with Crippen LogP contribution in [-0.4, -0.2) is 16.8 Å². The Hall–Kier alpha value is -3.78. The SMILES string of the molecule is O=C(CCc1ncc(-c2ccccc2F)o1)Nc1ccc(NC(=O)c2cccs2)cc1. The van der Waals surface area contributed by atoms with Crippen LogP contribution in [-0.2, 0) is 11.2 Å². The molecule has 0 aliphatic carbocycles. The summed E-state index contributed by atoms with van der Waals surface area (Å²) in [5.74, 6) is -0.0831. The van der Waals surface area contributed by atoms with E-state index in [9.17, 15) is 14.0 Å². The Morgan fingerprint density at radius 1 is 0.968 bits per heavy atom. The lowest BCUT2D eigenvalue weighted by molar-refractivity contribution is -0.116. The molecule has 0 aliphatic rings. The summed E-state index contributed by atoms with van der Waals surface area (Å²) < 4.78 is 19.4. The van der Waals surface area contributed by atoms with E-state index in [4.69, 9.17) is 4.42 Å². The number of amides is 2. The zero-order chi connectivity index (χ0) is 21.6. The van der Waals surface area contributed by atoms with Crippen molar-refractivity contribution in [2.24, 2.45) is 0 Å². The molecule has 0 spiro atoms. The number of anilines is 2. The second kappa shape index (κ2) is 9.36. The van der Waals surface area contributed by atoms with Crippen molar-refractivity contribution in [1.82, 2.24) is 4.98 Å². The highest BCUT2D eigenvalue weighted by Gasteiger charge is 2.12. The van der Waals surface area contributed by atoms with E-state index >= 15 is 0 Å². The van der Waals surface area contributed by atoms with Crippen LogP contribution >= 0.6 is 11.3 Å². The van der Waals surface area contributed by atoms with Gasteiger partial charge in [0.1, 0.15) is 5.82 Å². The molecule has 4 aromatic rings. The van der Waals surface area contributed by atoms with Gasteiger partial charge in [-0.25, -0.2) is 9.37 Å². The number of aromatic nitrogens is 1. The normalized spacial score (nSPS) is 10.6. The van der Waals surface area contributed by atoms with Crippen molar-refractivity contribution >= 4 is 34.5 Å². The summed E-state index contributed by atoms with van der Waals surface area (Å²) >= 11 is 1.37. The van der Waals surface area contributed by atoms with Gasteiger partial charge in [-0.05, 0) is 47.8 Å². The van der Waals surface area contributed by atoms with Crippen molar-refractivity contribution in [1.29, 1.82) is 0 Å². The van der Waals surface area contributed by atoms with Gasteiger partial charge in [-0.2, -0.15) is 0 Å². The molecule has 0 saturated carbocycles. The molecule has 0 atom stereocenters.